The number of aryl methyl sites for hydroxylation is 1. The van der Waals surface area contributed by atoms with Crippen molar-refractivity contribution in [3.8, 4) is 22.8 Å². The van der Waals surface area contributed by atoms with E-state index in [-0.39, 0.29) is 24.4 Å². The number of carbonyl (C=O) groups excluding carboxylic acids is 1. The third-order valence-corrected chi connectivity index (χ3v) is 5.81. The summed E-state index contributed by atoms with van der Waals surface area (Å²) in [6.07, 6.45) is 0. The first-order valence-electron chi connectivity index (χ1n) is 10.5. The summed E-state index contributed by atoms with van der Waals surface area (Å²) in [5.41, 5.74) is 8.62. The minimum absolute atomic E-state index is 0.0387. The minimum atomic E-state index is -0.318. The summed E-state index contributed by atoms with van der Waals surface area (Å²) < 4.78 is 16.2. The molecule has 1 aromatic heterocycles. The summed E-state index contributed by atoms with van der Waals surface area (Å²) in [4.78, 5) is 12.9. The maximum Gasteiger partial charge on any atom is 0.277 e. The molecule has 1 atom stereocenters. The number of aromatic nitrogens is 1. The highest BCUT2D eigenvalue weighted by atomic mass is 16.7. The van der Waals surface area contributed by atoms with Gasteiger partial charge in [-0.2, -0.15) is 0 Å². The van der Waals surface area contributed by atoms with Crippen molar-refractivity contribution in [2.75, 3.05) is 6.79 Å². The summed E-state index contributed by atoms with van der Waals surface area (Å²) in [5, 5.41) is 9.02. The van der Waals surface area contributed by atoms with E-state index in [0.29, 0.717) is 23.8 Å². The van der Waals surface area contributed by atoms with Crippen LogP contribution in [0.3, 0.4) is 0 Å². The van der Waals surface area contributed by atoms with Crippen molar-refractivity contribution in [2.45, 2.75) is 33.4 Å². The molecule has 1 amide bonds. The number of nitrogens with zero attached hydrogens (tertiary/aromatic N) is 2. The predicted octanol–water partition coefficient (Wildman–Crippen LogP) is 3.75. The molecule has 8 nitrogen and oxygen atoms in total. The fraction of sp³-hybridized carbons (Fsp3) is 0.250. The molecule has 1 unspecified atom stereocenters. The van der Waals surface area contributed by atoms with Gasteiger partial charge < -0.3 is 24.3 Å². The lowest BCUT2D eigenvalue weighted by atomic mass is 10.1. The second-order valence-electron chi connectivity index (χ2n) is 7.96. The average molecular weight is 432 g/mol. The number of fused-ring (bicyclic) bond motifs is 1. The normalized spacial score (nSPS) is 17.2. The fourth-order valence-electron chi connectivity index (χ4n) is 3.93. The van der Waals surface area contributed by atoms with Crippen LogP contribution in [-0.2, 0) is 6.54 Å². The smallest absolute Gasteiger partial charge is 0.277 e. The van der Waals surface area contributed by atoms with E-state index >= 15 is 0 Å². The summed E-state index contributed by atoms with van der Waals surface area (Å²) in [6.45, 7) is 7.01. The predicted molar refractivity (Wildman–Crippen MR) is 118 cm³/mol. The zero-order valence-electron chi connectivity index (χ0n) is 18.1. The highest BCUT2D eigenvalue weighted by Crippen LogP contribution is 2.36. The van der Waals surface area contributed by atoms with Gasteiger partial charge in [0.2, 0.25) is 6.79 Å². The molecule has 2 aliphatic rings. The first kappa shape index (κ1) is 20.1. The van der Waals surface area contributed by atoms with Crippen LogP contribution in [0.1, 0.15) is 35.5 Å². The molecule has 32 heavy (non-hydrogen) atoms. The number of nitrogens with one attached hydrogen (secondary N) is 2. The van der Waals surface area contributed by atoms with E-state index in [9.17, 15) is 4.79 Å². The van der Waals surface area contributed by atoms with Crippen molar-refractivity contribution >= 4 is 5.91 Å². The van der Waals surface area contributed by atoms with E-state index in [0.717, 1.165) is 17.0 Å². The molecule has 0 bridgehead atoms. The van der Waals surface area contributed by atoms with Crippen LogP contribution in [0.25, 0.3) is 11.3 Å². The average Bonchev–Trinajstić information content (AvgIpc) is 3.51. The lowest BCUT2D eigenvalue weighted by Gasteiger charge is -2.22. The van der Waals surface area contributed by atoms with Crippen LogP contribution in [0.2, 0.25) is 0 Å². The highest BCUT2D eigenvalue weighted by Gasteiger charge is 2.28. The van der Waals surface area contributed by atoms with Gasteiger partial charge in [-0.25, -0.2) is 5.43 Å². The number of rotatable bonds is 5. The van der Waals surface area contributed by atoms with Gasteiger partial charge in [0.25, 0.3) is 5.91 Å². The molecule has 8 heteroatoms. The zero-order valence-corrected chi connectivity index (χ0v) is 18.1. The van der Waals surface area contributed by atoms with E-state index < -0.39 is 0 Å². The van der Waals surface area contributed by atoms with Gasteiger partial charge in [-0.15, -0.1) is 0 Å². The molecule has 0 aliphatic carbocycles. The number of allylic oxidation sites excluding steroid dienone is 1. The molecule has 5 rings (SSSR count). The van der Waals surface area contributed by atoms with Crippen LogP contribution >= 0.6 is 0 Å². The minimum Gasteiger partial charge on any atom is -0.454 e. The van der Waals surface area contributed by atoms with E-state index in [1.807, 2.05) is 44.2 Å². The van der Waals surface area contributed by atoms with Crippen molar-refractivity contribution in [3.63, 3.8) is 0 Å². The molecule has 0 saturated heterocycles. The molecule has 3 aromatic rings. The van der Waals surface area contributed by atoms with Crippen molar-refractivity contribution in [2.24, 2.45) is 0 Å². The molecule has 0 spiro atoms. The Balaban J connectivity index is 1.31. The van der Waals surface area contributed by atoms with Gasteiger partial charge in [0, 0.05) is 17.3 Å². The van der Waals surface area contributed by atoms with Crippen molar-refractivity contribution in [1.29, 1.82) is 0 Å². The van der Waals surface area contributed by atoms with Crippen molar-refractivity contribution in [1.82, 2.24) is 20.9 Å². The standard InChI is InChI=1S/C24H24N4O4/c1-14-6-4-5-7-18(14)12-28-16(3)23(15(2)26-28)25-24(29)19-11-21(32-27-19)17-8-9-20-22(10-17)31-13-30-20/h4-11,15,26H,12-13H2,1-3H3,(H,25,29). The maximum absolute atomic E-state index is 12.9. The molecular weight excluding hydrogens is 408 g/mol. The molecule has 2 aliphatic heterocycles. The Morgan fingerprint density at radius 3 is 2.81 bits per heavy atom. The Labute approximate surface area is 185 Å². The monoisotopic (exact) mass is 432 g/mol. The number of benzene rings is 2. The molecule has 164 valence electrons. The molecular formula is C24H24N4O4. The summed E-state index contributed by atoms with van der Waals surface area (Å²) in [6, 6.07) is 15.3. The highest BCUT2D eigenvalue weighted by molar-refractivity contribution is 5.94. The second kappa shape index (κ2) is 8.05. The number of hydrogen-bond acceptors (Lipinski definition) is 7. The van der Waals surface area contributed by atoms with Crippen LogP contribution in [0.5, 0.6) is 11.5 Å². The van der Waals surface area contributed by atoms with E-state index in [1.165, 1.54) is 11.1 Å². The Kier molecular flexibility index (Phi) is 5.07. The molecule has 0 fully saturated rings. The van der Waals surface area contributed by atoms with Crippen LogP contribution in [0, 0.1) is 6.92 Å². The van der Waals surface area contributed by atoms with Crippen molar-refractivity contribution in [3.05, 3.63) is 76.7 Å². The van der Waals surface area contributed by atoms with Gasteiger partial charge in [0.15, 0.2) is 23.0 Å². The molecule has 2 aromatic carbocycles. The number of hydrazine groups is 1. The Morgan fingerprint density at radius 1 is 1.16 bits per heavy atom. The Morgan fingerprint density at radius 2 is 1.97 bits per heavy atom. The number of ether oxygens (including phenoxy) is 2. The largest absolute Gasteiger partial charge is 0.454 e. The first-order chi connectivity index (χ1) is 15.5. The topological polar surface area (TPSA) is 88.9 Å². The SMILES string of the molecule is CC1=C(NC(=O)c2cc(-c3ccc4c(c3)OCO4)on2)C(C)NN1Cc1ccccc1C. The lowest BCUT2D eigenvalue weighted by Crippen LogP contribution is -2.37. The number of amides is 1. The first-order valence-corrected chi connectivity index (χ1v) is 10.5. The van der Waals surface area contributed by atoms with Crippen molar-refractivity contribution < 1.29 is 18.8 Å². The van der Waals surface area contributed by atoms with Gasteiger partial charge in [-0.1, -0.05) is 29.4 Å². The summed E-state index contributed by atoms with van der Waals surface area (Å²) >= 11 is 0. The van der Waals surface area contributed by atoms with Crippen LogP contribution in [0.15, 0.2) is 64.4 Å². The second-order valence-corrected chi connectivity index (χ2v) is 7.96. The fourth-order valence-corrected chi connectivity index (χ4v) is 3.93. The maximum atomic E-state index is 12.9. The Hall–Kier alpha value is -3.78. The van der Waals surface area contributed by atoms with E-state index in [1.54, 1.807) is 6.07 Å². The van der Waals surface area contributed by atoms with Gasteiger partial charge >= 0.3 is 0 Å². The third kappa shape index (κ3) is 3.69. The lowest BCUT2D eigenvalue weighted by molar-refractivity contribution is 0.0954. The zero-order chi connectivity index (χ0) is 22.2. The molecule has 0 saturated carbocycles. The molecule has 3 heterocycles. The van der Waals surface area contributed by atoms with Gasteiger partial charge in [0.1, 0.15) is 0 Å². The van der Waals surface area contributed by atoms with Crippen LogP contribution in [0.4, 0.5) is 0 Å². The van der Waals surface area contributed by atoms with Gasteiger partial charge in [-0.3, -0.25) is 4.79 Å². The van der Waals surface area contributed by atoms with Crippen LogP contribution < -0.4 is 20.2 Å². The summed E-state index contributed by atoms with van der Waals surface area (Å²) in [5.74, 6) is 1.50. The van der Waals surface area contributed by atoms with Gasteiger partial charge in [0.05, 0.1) is 18.3 Å². The van der Waals surface area contributed by atoms with E-state index in [4.69, 9.17) is 14.0 Å². The molecule has 0 radical (unpaired) electrons. The van der Waals surface area contributed by atoms with E-state index in [2.05, 4.69) is 40.0 Å². The summed E-state index contributed by atoms with van der Waals surface area (Å²) in [7, 11) is 0. The third-order valence-electron chi connectivity index (χ3n) is 5.81. The number of hydrogen-bond donors (Lipinski definition) is 2. The van der Waals surface area contributed by atoms with Crippen LogP contribution in [-0.4, -0.2) is 28.9 Å². The quantitative estimate of drug-likeness (QED) is 0.635. The van der Waals surface area contributed by atoms with Gasteiger partial charge in [-0.05, 0) is 50.1 Å². The number of carbonyl (C=O) groups is 1. The molecule has 2 N–H and O–H groups in total. The Bertz CT molecular complexity index is 1220.